The van der Waals surface area contributed by atoms with Crippen molar-refractivity contribution in [3.8, 4) is 0 Å². The van der Waals surface area contributed by atoms with Crippen LogP contribution >= 0.6 is 0 Å². The number of rotatable bonds is 7. The van der Waals surface area contributed by atoms with E-state index in [0.717, 1.165) is 44.1 Å². The number of carbonyl (C=O) groups excluding carboxylic acids is 1. The van der Waals surface area contributed by atoms with Gasteiger partial charge in [-0.05, 0) is 41.8 Å². The van der Waals surface area contributed by atoms with Crippen molar-refractivity contribution in [2.75, 3.05) is 43.1 Å². The summed E-state index contributed by atoms with van der Waals surface area (Å²) in [6, 6.07) is 28.7. The van der Waals surface area contributed by atoms with Gasteiger partial charge in [0.05, 0.1) is 13.2 Å². The van der Waals surface area contributed by atoms with E-state index < -0.39 is 0 Å². The Labute approximate surface area is 184 Å². The molecule has 0 aliphatic carbocycles. The molecule has 160 valence electrons. The number of urea groups is 1. The molecule has 1 aliphatic rings. The van der Waals surface area contributed by atoms with Crippen molar-refractivity contribution in [1.82, 2.24) is 5.32 Å². The maximum Gasteiger partial charge on any atom is 0.319 e. The van der Waals surface area contributed by atoms with Crippen LogP contribution in [0.1, 0.15) is 23.5 Å². The van der Waals surface area contributed by atoms with Crippen LogP contribution in [0.25, 0.3) is 0 Å². The van der Waals surface area contributed by atoms with Gasteiger partial charge in [0.2, 0.25) is 0 Å². The van der Waals surface area contributed by atoms with E-state index in [0.29, 0.717) is 6.54 Å². The third-order valence-corrected chi connectivity index (χ3v) is 5.62. The number of amides is 2. The zero-order valence-corrected chi connectivity index (χ0v) is 17.7. The van der Waals surface area contributed by atoms with E-state index in [4.69, 9.17) is 4.74 Å². The van der Waals surface area contributed by atoms with Crippen molar-refractivity contribution < 1.29 is 9.53 Å². The van der Waals surface area contributed by atoms with Crippen LogP contribution in [-0.4, -0.2) is 38.9 Å². The van der Waals surface area contributed by atoms with Gasteiger partial charge in [-0.25, -0.2) is 4.79 Å². The number of carbonyl (C=O) groups is 1. The van der Waals surface area contributed by atoms with Crippen LogP contribution in [0.5, 0.6) is 0 Å². The van der Waals surface area contributed by atoms with Crippen LogP contribution in [0.15, 0.2) is 84.9 Å². The summed E-state index contributed by atoms with van der Waals surface area (Å²) in [6.07, 6.45) is 0.831. The van der Waals surface area contributed by atoms with Gasteiger partial charge in [-0.1, -0.05) is 60.7 Å². The van der Waals surface area contributed by atoms with Crippen molar-refractivity contribution >= 4 is 17.4 Å². The van der Waals surface area contributed by atoms with E-state index in [1.54, 1.807) is 0 Å². The molecule has 0 bridgehead atoms. The molecule has 5 heteroatoms. The molecule has 0 aromatic heterocycles. The Balaban J connectivity index is 1.30. The minimum atomic E-state index is -0.181. The lowest BCUT2D eigenvalue weighted by Gasteiger charge is -2.28. The van der Waals surface area contributed by atoms with Crippen molar-refractivity contribution in [3.63, 3.8) is 0 Å². The molecule has 1 saturated heterocycles. The molecule has 1 fully saturated rings. The molecule has 2 amide bonds. The second-order valence-electron chi connectivity index (χ2n) is 7.69. The molecule has 3 aromatic carbocycles. The maximum atomic E-state index is 12.4. The lowest BCUT2D eigenvalue weighted by molar-refractivity contribution is 0.122. The zero-order chi connectivity index (χ0) is 21.3. The summed E-state index contributed by atoms with van der Waals surface area (Å²) in [5.74, 6) is 0.246. The molecule has 0 unspecified atom stereocenters. The SMILES string of the molecule is O=C(NCCC(c1ccccc1)c1ccccc1)Nc1ccc(N2CCOCC2)cc1. The van der Waals surface area contributed by atoms with Gasteiger partial charge in [-0.15, -0.1) is 0 Å². The molecule has 5 nitrogen and oxygen atoms in total. The Morgan fingerprint density at radius 2 is 1.42 bits per heavy atom. The second kappa shape index (κ2) is 10.6. The highest BCUT2D eigenvalue weighted by Crippen LogP contribution is 2.27. The van der Waals surface area contributed by atoms with Crippen molar-refractivity contribution in [2.24, 2.45) is 0 Å². The van der Waals surface area contributed by atoms with E-state index in [-0.39, 0.29) is 11.9 Å². The highest BCUT2D eigenvalue weighted by atomic mass is 16.5. The molecule has 31 heavy (non-hydrogen) atoms. The molecule has 0 spiro atoms. The molecule has 0 radical (unpaired) electrons. The summed E-state index contributed by atoms with van der Waals surface area (Å²) < 4.78 is 5.40. The van der Waals surface area contributed by atoms with Gasteiger partial charge in [-0.2, -0.15) is 0 Å². The maximum absolute atomic E-state index is 12.4. The van der Waals surface area contributed by atoms with Crippen LogP contribution in [0, 0.1) is 0 Å². The van der Waals surface area contributed by atoms with Crippen LogP contribution < -0.4 is 15.5 Å². The molecule has 2 N–H and O–H groups in total. The number of nitrogens with zero attached hydrogens (tertiary/aromatic N) is 1. The average molecular weight is 416 g/mol. The molecular weight excluding hydrogens is 386 g/mol. The Bertz CT molecular complexity index is 900. The molecule has 0 atom stereocenters. The zero-order valence-electron chi connectivity index (χ0n) is 17.7. The van der Waals surface area contributed by atoms with Crippen LogP contribution in [0.3, 0.4) is 0 Å². The molecule has 4 rings (SSSR count). The molecule has 1 heterocycles. The van der Waals surface area contributed by atoms with E-state index in [9.17, 15) is 4.79 Å². The number of anilines is 2. The third kappa shape index (κ3) is 5.86. The normalized spacial score (nSPS) is 13.8. The smallest absolute Gasteiger partial charge is 0.319 e. The summed E-state index contributed by atoms with van der Waals surface area (Å²) in [7, 11) is 0. The summed E-state index contributed by atoms with van der Waals surface area (Å²) >= 11 is 0. The van der Waals surface area contributed by atoms with Crippen molar-refractivity contribution in [3.05, 3.63) is 96.1 Å². The number of hydrogen-bond donors (Lipinski definition) is 2. The summed E-state index contributed by atoms with van der Waals surface area (Å²) in [4.78, 5) is 14.7. The molecular formula is C26H29N3O2. The van der Waals surface area contributed by atoms with E-state index >= 15 is 0 Å². The minimum Gasteiger partial charge on any atom is -0.378 e. The second-order valence-corrected chi connectivity index (χ2v) is 7.69. The standard InChI is InChI=1S/C26H29N3O2/c30-26(28-23-11-13-24(14-12-23)29-17-19-31-20-18-29)27-16-15-25(21-7-3-1-4-8-21)22-9-5-2-6-10-22/h1-14,25H,15-20H2,(H2,27,28,30). The van der Waals surface area contributed by atoms with E-state index in [1.165, 1.54) is 11.1 Å². The lowest BCUT2D eigenvalue weighted by Crippen LogP contribution is -2.36. The minimum absolute atomic E-state index is 0.181. The summed E-state index contributed by atoms with van der Waals surface area (Å²) in [5, 5.41) is 5.93. The van der Waals surface area contributed by atoms with Gasteiger partial charge >= 0.3 is 6.03 Å². The first-order valence-corrected chi connectivity index (χ1v) is 10.9. The van der Waals surface area contributed by atoms with Crippen LogP contribution in [-0.2, 0) is 4.74 Å². The fraction of sp³-hybridized carbons (Fsp3) is 0.269. The Morgan fingerprint density at radius 3 is 2.00 bits per heavy atom. The van der Waals surface area contributed by atoms with Crippen molar-refractivity contribution in [2.45, 2.75) is 12.3 Å². The molecule has 1 aliphatic heterocycles. The van der Waals surface area contributed by atoms with Gasteiger partial charge in [0.1, 0.15) is 0 Å². The highest BCUT2D eigenvalue weighted by Gasteiger charge is 2.14. The fourth-order valence-corrected chi connectivity index (χ4v) is 3.98. The van der Waals surface area contributed by atoms with Crippen molar-refractivity contribution in [1.29, 1.82) is 0 Å². The first-order valence-electron chi connectivity index (χ1n) is 10.9. The Morgan fingerprint density at radius 1 is 0.839 bits per heavy atom. The monoisotopic (exact) mass is 415 g/mol. The molecule has 3 aromatic rings. The fourth-order valence-electron chi connectivity index (χ4n) is 3.98. The quantitative estimate of drug-likeness (QED) is 0.579. The third-order valence-electron chi connectivity index (χ3n) is 5.62. The number of nitrogens with one attached hydrogen (secondary N) is 2. The number of hydrogen-bond acceptors (Lipinski definition) is 3. The van der Waals surface area contributed by atoms with Crippen LogP contribution in [0.2, 0.25) is 0 Å². The topological polar surface area (TPSA) is 53.6 Å². The number of benzene rings is 3. The lowest BCUT2D eigenvalue weighted by atomic mass is 9.88. The first kappa shape index (κ1) is 20.9. The Kier molecular flexibility index (Phi) is 7.19. The van der Waals surface area contributed by atoms with Crippen LogP contribution in [0.4, 0.5) is 16.2 Å². The van der Waals surface area contributed by atoms with E-state index in [1.807, 2.05) is 36.4 Å². The predicted octanol–water partition coefficient (Wildman–Crippen LogP) is 4.87. The Hall–Kier alpha value is -3.31. The van der Waals surface area contributed by atoms with Gasteiger partial charge < -0.3 is 20.3 Å². The summed E-state index contributed by atoms with van der Waals surface area (Å²) in [5.41, 5.74) is 4.46. The van der Waals surface area contributed by atoms with Gasteiger partial charge in [0, 0.05) is 36.9 Å². The van der Waals surface area contributed by atoms with E-state index in [2.05, 4.69) is 64.1 Å². The van der Waals surface area contributed by atoms with Gasteiger partial charge in [0.25, 0.3) is 0 Å². The summed E-state index contributed by atoms with van der Waals surface area (Å²) in [6.45, 7) is 3.91. The van der Waals surface area contributed by atoms with Gasteiger partial charge in [-0.3, -0.25) is 0 Å². The highest BCUT2D eigenvalue weighted by molar-refractivity contribution is 5.89. The average Bonchev–Trinajstić information content (AvgIpc) is 2.84. The number of morpholine rings is 1. The largest absolute Gasteiger partial charge is 0.378 e. The molecule has 0 saturated carbocycles. The first-order chi connectivity index (χ1) is 15.3. The number of ether oxygens (including phenoxy) is 1. The van der Waals surface area contributed by atoms with Gasteiger partial charge in [0.15, 0.2) is 0 Å². The predicted molar refractivity (Wildman–Crippen MR) is 126 cm³/mol.